The molecule has 0 radical (unpaired) electrons. The molecule has 0 spiro atoms. The molecule has 0 atom stereocenters. The van der Waals surface area contributed by atoms with Crippen LogP contribution >= 0.6 is 15.9 Å². The Labute approximate surface area is 98.8 Å². The fourth-order valence-corrected chi connectivity index (χ4v) is 1.85. The zero-order valence-electron chi connectivity index (χ0n) is 7.83. The lowest BCUT2D eigenvalue weighted by molar-refractivity contribution is 0.101. The van der Waals surface area contributed by atoms with Crippen molar-refractivity contribution in [2.24, 2.45) is 0 Å². The maximum absolute atomic E-state index is 13.2. The molecule has 0 aliphatic rings. The first-order valence-electron chi connectivity index (χ1n) is 3.85. The number of halogens is 3. The Kier molecular flexibility index (Phi) is 3.64. The van der Waals surface area contributed by atoms with E-state index in [0.29, 0.717) is 6.07 Å². The van der Waals surface area contributed by atoms with Crippen LogP contribution in [0.4, 0.5) is 8.28 Å². The van der Waals surface area contributed by atoms with Crippen molar-refractivity contribution in [2.75, 3.05) is 0 Å². The van der Waals surface area contributed by atoms with Crippen molar-refractivity contribution in [2.45, 2.75) is 6.92 Å². The van der Waals surface area contributed by atoms with Crippen LogP contribution in [-0.4, -0.2) is 14.2 Å². The smallest absolute Gasteiger partial charge is 0.357 e. The van der Waals surface area contributed by atoms with E-state index in [9.17, 15) is 21.5 Å². The van der Waals surface area contributed by atoms with Crippen LogP contribution in [-0.2, 0) is 10.5 Å². The SMILES string of the molecule is CC(=O)c1cc(Br)c(OS(=O)(=O)F)cc1F. The van der Waals surface area contributed by atoms with Gasteiger partial charge in [0, 0.05) is 6.07 Å². The molecule has 1 aromatic carbocycles. The molecule has 0 bridgehead atoms. The molecule has 4 nitrogen and oxygen atoms in total. The van der Waals surface area contributed by atoms with Gasteiger partial charge in [0.25, 0.3) is 0 Å². The van der Waals surface area contributed by atoms with Gasteiger partial charge in [-0.15, -0.1) is 0 Å². The van der Waals surface area contributed by atoms with E-state index < -0.39 is 27.9 Å². The van der Waals surface area contributed by atoms with E-state index in [1.807, 2.05) is 0 Å². The summed E-state index contributed by atoms with van der Waals surface area (Å²) in [7, 11) is -5.23. The van der Waals surface area contributed by atoms with Gasteiger partial charge in [-0.3, -0.25) is 4.79 Å². The van der Waals surface area contributed by atoms with Crippen LogP contribution in [0.3, 0.4) is 0 Å². The molecule has 0 amide bonds. The number of hydrogen-bond acceptors (Lipinski definition) is 4. The van der Waals surface area contributed by atoms with Crippen LogP contribution in [0.1, 0.15) is 17.3 Å². The van der Waals surface area contributed by atoms with E-state index in [1.54, 1.807) is 0 Å². The Balaban J connectivity index is 3.26. The molecule has 88 valence electrons. The zero-order chi connectivity index (χ0) is 12.5. The predicted molar refractivity (Wildman–Crippen MR) is 54.8 cm³/mol. The summed E-state index contributed by atoms with van der Waals surface area (Å²) in [5.74, 6) is -2.10. The highest BCUT2D eigenvalue weighted by atomic mass is 79.9. The summed E-state index contributed by atoms with van der Waals surface area (Å²) in [4.78, 5) is 10.9. The minimum atomic E-state index is -5.23. The lowest BCUT2D eigenvalue weighted by Crippen LogP contribution is -2.04. The summed E-state index contributed by atoms with van der Waals surface area (Å²) in [5, 5.41) is 0. The first kappa shape index (κ1) is 13.0. The van der Waals surface area contributed by atoms with E-state index in [2.05, 4.69) is 20.1 Å². The maximum atomic E-state index is 13.2. The third-order valence-corrected chi connectivity index (χ3v) is 2.59. The van der Waals surface area contributed by atoms with E-state index in [4.69, 9.17) is 0 Å². The van der Waals surface area contributed by atoms with Crippen LogP contribution in [0.2, 0.25) is 0 Å². The molecule has 0 unspecified atom stereocenters. The zero-order valence-corrected chi connectivity index (χ0v) is 10.2. The van der Waals surface area contributed by atoms with Crippen molar-refractivity contribution in [3.8, 4) is 5.75 Å². The number of hydrogen-bond donors (Lipinski definition) is 0. The highest BCUT2D eigenvalue weighted by Gasteiger charge is 2.17. The highest BCUT2D eigenvalue weighted by molar-refractivity contribution is 9.10. The van der Waals surface area contributed by atoms with E-state index in [1.165, 1.54) is 0 Å². The molecule has 0 aromatic heterocycles. The molecular formula is C8H5BrF2O4S. The fourth-order valence-electron chi connectivity index (χ4n) is 0.969. The average molecular weight is 315 g/mol. The van der Waals surface area contributed by atoms with Gasteiger partial charge in [0.15, 0.2) is 11.5 Å². The van der Waals surface area contributed by atoms with Crippen LogP contribution in [0, 0.1) is 5.82 Å². The summed E-state index contributed by atoms with van der Waals surface area (Å²) in [6, 6.07) is 1.62. The summed E-state index contributed by atoms with van der Waals surface area (Å²) in [6.45, 7) is 1.14. The molecule has 1 aromatic rings. The van der Waals surface area contributed by atoms with Crippen molar-refractivity contribution in [3.63, 3.8) is 0 Å². The van der Waals surface area contributed by atoms with Gasteiger partial charge in [0.2, 0.25) is 0 Å². The molecule has 0 aliphatic heterocycles. The molecule has 0 fully saturated rings. The van der Waals surface area contributed by atoms with Gasteiger partial charge in [-0.05, 0) is 28.9 Å². The van der Waals surface area contributed by atoms with E-state index in [0.717, 1.165) is 13.0 Å². The number of carbonyl (C=O) groups is 1. The standard InChI is InChI=1S/C8H5BrF2O4S/c1-4(12)5-2-6(9)8(3-7(5)10)15-16(11,13)14/h2-3H,1H3. The Morgan fingerprint density at radius 2 is 2.00 bits per heavy atom. The third kappa shape index (κ3) is 3.24. The summed E-state index contributed by atoms with van der Waals surface area (Å²) < 4.78 is 49.6. The van der Waals surface area contributed by atoms with Gasteiger partial charge in [0.1, 0.15) is 5.82 Å². The van der Waals surface area contributed by atoms with Crippen LogP contribution < -0.4 is 4.18 Å². The molecule has 1 rings (SSSR count). The maximum Gasteiger partial charge on any atom is 0.488 e. The van der Waals surface area contributed by atoms with Crippen molar-refractivity contribution in [3.05, 3.63) is 28.0 Å². The lowest BCUT2D eigenvalue weighted by atomic mass is 10.1. The van der Waals surface area contributed by atoms with Gasteiger partial charge in [-0.2, -0.15) is 8.42 Å². The molecule has 8 heteroatoms. The second-order valence-electron chi connectivity index (χ2n) is 2.80. The van der Waals surface area contributed by atoms with Crippen LogP contribution in [0.5, 0.6) is 5.75 Å². The largest absolute Gasteiger partial charge is 0.488 e. The minimum Gasteiger partial charge on any atom is -0.357 e. The summed E-state index contributed by atoms with van der Waals surface area (Å²) in [5.41, 5.74) is -0.254. The first-order valence-corrected chi connectivity index (χ1v) is 5.95. The predicted octanol–water partition coefficient (Wildman–Crippen LogP) is 2.38. The molecular weight excluding hydrogens is 310 g/mol. The summed E-state index contributed by atoms with van der Waals surface area (Å²) in [6.07, 6.45) is 0. The Morgan fingerprint density at radius 3 is 2.44 bits per heavy atom. The number of rotatable bonds is 3. The second-order valence-corrected chi connectivity index (χ2v) is 4.60. The van der Waals surface area contributed by atoms with Gasteiger partial charge in [0.05, 0.1) is 10.0 Å². The third-order valence-electron chi connectivity index (χ3n) is 1.59. The Bertz CT molecular complexity index is 541. The van der Waals surface area contributed by atoms with Gasteiger partial charge in [-0.1, -0.05) is 3.89 Å². The van der Waals surface area contributed by atoms with Gasteiger partial charge < -0.3 is 4.18 Å². The van der Waals surface area contributed by atoms with Crippen molar-refractivity contribution in [1.29, 1.82) is 0 Å². The van der Waals surface area contributed by atoms with Gasteiger partial charge >= 0.3 is 10.5 Å². The minimum absolute atomic E-state index is 0.0414. The molecule has 0 heterocycles. The fraction of sp³-hybridized carbons (Fsp3) is 0.125. The normalized spacial score (nSPS) is 11.2. The van der Waals surface area contributed by atoms with Crippen LogP contribution in [0.15, 0.2) is 16.6 Å². The van der Waals surface area contributed by atoms with Crippen molar-refractivity contribution >= 4 is 32.2 Å². The van der Waals surface area contributed by atoms with E-state index in [-0.39, 0.29) is 10.0 Å². The quantitative estimate of drug-likeness (QED) is 0.635. The average Bonchev–Trinajstić information content (AvgIpc) is 2.07. The van der Waals surface area contributed by atoms with Crippen molar-refractivity contribution < 1.29 is 25.7 Å². The molecule has 0 saturated carbocycles. The van der Waals surface area contributed by atoms with Crippen LogP contribution in [0.25, 0.3) is 0 Å². The second kappa shape index (κ2) is 4.46. The van der Waals surface area contributed by atoms with E-state index >= 15 is 0 Å². The molecule has 16 heavy (non-hydrogen) atoms. The molecule has 0 aliphatic carbocycles. The number of benzene rings is 1. The van der Waals surface area contributed by atoms with Gasteiger partial charge in [-0.25, -0.2) is 4.39 Å². The Morgan fingerprint density at radius 1 is 1.44 bits per heavy atom. The number of ketones is 1. The Hall–Kier alpha value is -1.02. The topological polar surface area (TPSA) is 60.4 Å². The molecule has 0 saturated heterocycles. The number of carbonyl (C=O) groups excluding carboxylic acids is 1. The summed E-state index contributed by atoms with van der Waals surface area (Å²) >= 11 is 2.83. The van der Waals surface area contributed by atoms with Crippen molar-refractivity contribution in [1.82, 2.24) is 0 Å². The lowest BCUT2D eigenvalue weighted by Gasteiger charge is -2.05. The monoisotopic (exact) mass is 314 g/mol. The molecule has 0 N–H and O–H groups in total. The first-order chi connectivity index (χ1) is 7.20. The number of Topliss-reactive ketones (excluding diaryl/α,β-unsaturated/α-hetero) is 1. The highest BCUT2D eigenvalue weighted by Crippen LogP contribution is 2.29.